The summed E-state index contributed by atoms with van der Waals surface area (Å²) in [6, 6.07) is 0. The summed E-state index contributed by atoms with van der Waals surface area (Å²) in [6.07, 6.45) is 0. The fraction of sp³-hybridized carbons (Fsp3) is 0.462. The van der Waals surface area contributed by atoms with Crippen LogP contribution in [-0.4, -0.2) is 15.1 Å². The highest BCUT2D eigenvalue weighted by atomic mass is 16.5. The molecule has 0 amide bonds. The zero-order chi connectivity index (χ0) is 13.4. The topological polar surface area (TPSA) is 71.8 Å². The summed E-state index contributed by atoms with van der Waals surface area (Å²) in [5.74, 6) is 1.34. The molecule has 5 heteroatoms. The average Bonchev–Trinajstić information content (AvgIpc) is 2.56. The fourth-order valence-electron chi connectivity index (χ4n) is 2.21. The molecule has 0 unspecified atom stereocenters. The highest BCUT2D eigenvalue weighted by Gasteiger charge is 2.17. The number of hydrogen-bond donors (Lipinski definition) is 1. The lowest BCUT2D eigenvalue weighted by molar-refractivity contribution is 0.393. The first-order chi connectivity index (χ1) is 8.41. The van der Waals surface area contributed by atoms with Crippen molar-refractivity contribution in [3.05, 3.63) is 33.1 Å². The maximum Gasteiger partial charge on any atom is 0.254 e. The van der Waals surface area contributed by atoms with Crippen molar-refractivity contribution in [2.24, 2.45) is 0 Å². The summed E-state index contributed by atoms with van der Waals surface area (Å²) in [6.45, 7) is 9.45. The van der Waals surface area contributed by atoms with E-state index in [-0.39, 0.29) is 11.5 Å². The lowest BCUT2D eigenvalue weighted by Crippen LogP contribution is -2.18. The van der Waals surface area contributed by atoms with E-state index in [2.05, 4.69) is 15.1 Å². The van der Waals surface area contributed by atoms with Gasteiger partial charge in [0.15, 0.2) is 0 Å². The second kappa shape index (κ2) is 4.40. The molecule has 96 valence electrons. The van der Waals surface area contributed by atoms with Gasteiger partial charge in [0.25, 0.3) is 5.56 Å². The highest BCUT2D eigenvalue weighted by Crippen LogP contribution is 2.24. The minimum absolute atomic E-state index is 0.0903. The van der Waals surface area contributed by atoms with Gasteiger partial charge in [0, 0.05) is 11.3 Å². The molecule has 1 N–H and O–H groups in total. The van der Waals surface area contributed by atoms with Crippen LogP contribution < -0.4 is 5.56 Å². The molecule has 0 aromatic carbocycles. The molecule has 2 rings (SSSR count). The number of hydrogen-bond acceptors (Lipinski definition) is 4. The van der Waals surface area contributed by atoms with Crippen LogP contribution in [0.15, 0.2) is 9.32 Å². The van der Waals surface area contributed by atoms with Gasteiger partial charge in [-0.3, -0.25) is 4.79 Å². The van der Waals surface area contributed by atoms with Crippen molar-refractivity contribution in [1.29, 1.82) is 0 Å². The van der Waals surface area contributed by atoms with Gasteiger partial charge in [-0.2, -0.15) is 0 Å². The van der Waals surface area contributed by atoms with E-state index in [0.717, 1.165) is 22.5 Å². The minimum atomic E-state index is -0.0903. The lowest BCUT2D eigenvalue weighted by Gasteiger charge is -2.09. The van der Waals surface area contributed by atoms with Gasteiger partial charge in [0.05, 0.1) is 11.3 Å². The Hall–Kier alpha value is -1.91. The number of nitrogens with one attached hydrogen (secondary N) is 1. The Labute approximate surface area is 105 Å². The highest BCUT2D eigenvalue weighted by molar-refractivity contribution is 5.60. The third-order valence-electron chi connectivity index (χ3n) is 2.99. The van der Waals surface area contributed by atoms with Gasteiger partial charge in [0.2, 0.25) is 0 Å². The number of aromatic amines is 1. The Morgan fingerprint density at radius 1 is 1.17 bits per heavy atom. The van der Waals surface area contributed by atoms with E-state index in [1.165, 1.54) is 0 Å². The first-order valence-electron chi connectivity index (χ1n) is 5.96. The van der Waals surface area contributed by atoms with E-state index in [4.69, 9.17) is 4.52 Å². The normalized spacial score (nSPS) is 11.2. The first-order valence-corrected chi connectivity index (χ1v) is 5.96. The third kappa shape index (κ3) is 1.96. The van der Waals surface area contributed by atoms with Crippen molar-refractivity contribution >= 4 is 0 Å². The molecule has 2 heterocycles. The monoisotopic (exact) mass is 247 g/mol. The molecule has 0 spiro atoms. The molecule has 0 atom stereocenters. The number of rotatable bonds is 2. The smallest absolute Gasteiger partial charge is 0.254 e. The largest absolute Gasteiger partial charge is 0.361 e. The molecule has 0 saturated heterocycles. The van der Waals surface area contributed by atoms with Gasteiger partial charge in [-0.1, -0.05) is 19.0 Å². The van der Waals surface area contributed by atoms with Crippen LogP contribution in [-0.2, 0) is 0 Å². The van der Waals surface area contributed by atoms with Crippen molar-refractivity contribution in [2.75, 3.05) is 0 Å². The Bertz CT molecular complexity index is 619. The van der Waals surface area contributed by atoms with E-state index >= 15 is 0 Å². The molecule has 0 fully saturated rings. The van der Waals surface area contributed by atoms with Crippen LogP contribution >= 0.6 is 0 Å². The van der Waals surface area contributed by atoms with Crippen molar-refractivity contribution < 1.29 is 4.52 Å². The molecular formula is C13H17N3O2. The molecule has 0 aliphatic carbocycles. The molecule has 0 aliphatic heterocycles. The maximum atomic E-state index is 12.1. The summed E-state index contributed by atoms with van der Waals surface area (Å²) >= 11 is 0. The van der Waals surface area contributed by atoms with Crippen LogP contribution in [0.25, 0.3) is 11.4 Å². The number of aryl methyl sites for hydroxylation is 3. The van der Waals surface area contributed by atoms with Crippen LogP contribution in [0.3, 0.4) is 0 Å². The predicted octanol–water partition coefficient (Wildman–Crippen LogP) is 2.47. The summed E-state index contributed by atoms with van der Waals surface area (Å²) in [4.78, 5) is 19.4. The van der Waals surface area contributed by atoms with Crippen LogP contribution in [0.1, 0.15) is 42.5 Å². The summed E-state index contributed by atoms with van der Waals surface area (Å²) in [5.41, 5.74) is 2.89. The minimum Gasteiger partial charge on any atom is -0.361 e. The zero-order valence-electron chi connectivity index (χ0n) is 11.3. The molecule has 2 aromatic heterocycles. The lowest BCUT2D eigenvalue weighted by atomic mass is 10.0. The molecule has 18 heavy (non-hydrogen) atoms. The molecule has 0 radical (unpaired) electrons. The summed E-state index contributed by atoms with van der Waals surface area (Å²) < 4.78 is 5.10. The summed E-state index contributed by atoms with van der Waals surface area (Å²) in [7, 11) is 0. The van der Waals surface area contributed by atoms with Crippen molar-refractivity contribution in [2.45, 2.75) is 40.5 Å². The van der Waals surface area contributed by atoms with Crippen LogP contribution in [0.2, 0.25) is 0 Å². The second-order valence-electron chi connectivity index (χ2n) is 4.77. The van der Waals surface area contributed by atoms with Gasteiger partial charge in [-0.15, -0.1) is 0 Å². The predicted molar refractivity (Wildman–Crippen MR) is 68.7 cm³/mol. The van der Waals surface area contributed by atoms with Gasteiger partial charge in [0.1, 0.15) is 11.6 Å². The quantitative estimate of drug-likeness (QED) is 0.884. The summed E-state index contributed by atoms with van der Waals surface area (Å²) in [5, 5.41) is 3.87. The van der Waals surface area contributed by atoms with Gasteiger partial charge in [-0.25, -0.2) is 4.98 Å². The van der Waals surface area contributed by atoms with Crippen molar-refractivity contribution in [3.8, 4) is 11.4 Å². The first kappa shape index (κ1) is 12.5. The van der Waals surface area contributed by atoms with E-state index in [1.54, 1.807) is 6.92 Å². The third-order valence-corrected chi connectivity index (χ3v) is 2.99. The molecular weight excluding hydrogens is 230 g/mol. The van der Waals surface area contributed by atoms with Gasteiger partial charge in [-0.05, 0) is 26.7 Å². The second-order valence-corrected chi connectivity index (χ2v) is 4.77. The van der Waals surface area contributed by atoms with Gasteiger partial charge < -0.3 is 9.51 Å². The van der Waals surface area contributed by atoms with E-state index in [1.807, 2.05) is 27.7 Å². The average molecular weight is 247 g/mol. The van der Waals surface area contributed by atoms with Crippen molar-refractivity contribution in [1.82, 2.24) is 15.1 Å². The van der Waals surface area contributed by atoms with Crippen LogP contribution in [0, 0.1) is 20.8 Å². The van der Waals surface area contributed by atoms with Crippen molar-refractivity contribution in [3.63, 3.8) is 0 Å². The van der Waals surface area contributed by atoms with E-state index < -0.39 is 0 Å². The standard InChI is InChI=1S/C13H17N3O2/c1-6(2)10-7(3)14-12(15-13(10)17)11-8(4)16-18-9(11)5/h6H,1-5H3,(H,14,15,17). The maximum absolute atomic E-state index is 12.1. The molecule has 0 saturated carbocycles. The molecule has 2 aromatic rings. The van der Waals surface area contributed by atoms with E-state index in [9.17, 15) is 4.79 Å². The van der Waals surface area contributed by atoms with Gasteiger partial charge >= 0.3 is 0 Å². The molecule has 0 bridgehead atoms. The number of nitrogens with zero attached hydrogens (tertiary/aromatic N) is 2. The Kier molecular flexibility index (Phi) is 3.07. The Morgan fingerprint density at radius 2 is 1.83 bits per heavy atom. The molecule has 5 nitrogen and oxygen atoms in total. The van der Waals surface area contributed by atoms with Crippen LogP contribution in [0.4, 0.5) is 0 Å². The Balaban J connectivity index is 2.66. The number of aromatic nitrogens is 3. The number of H-pyrrole nitrogens is 1. The van der Waals surface area contributed by atoms with Crippen LogP contribution in [0.5, 0.6) is 0 Å². The zero-order valence-corrected chi connectivity index (χ0v) is 11.3. The molecule has 0 aliphatic rings. The van der Waals surface area contributed by atoms with E-state index in [0.29, 0.717) is 11.6 Å². The Morgan fingerprint density at radius 3 is 2.28 bits per heavy atom. The SMILES string of the molecule is Cc1noc(C)c1-c1nc(C)c(C(C)C)c(=O)[nH]1. The fourth-order valence-corrected chi connectivity index (χ4v) is 2.21.